The zero-order chi connectivity index (χ0) is 13.1. The second-order valence-corrected chi connectivity index (χ2v) is 6.30. The van der Waals surface area contributed by atoms with Crippen LogP contribution in [-0.2, 0) is 17.9 Å². The van der Waals surface area contributed by atoms with Gasteiger partial charge in [0.15, 0.2) is 5.82 Å². The van der Waals surface area contributed by atoms with Gasteiger partial charge in [0.25, 0.3) is 0 Å². The molecule has 1 saturated heterocycles. The van der Waals surface area contributed by atoms with Crippen molar-refractivity contribution in [2.45, 2.75) is 31.2 Å². The minimum atomic E-state index is 0.234. The third-order valence-electron chi connectivity index (χ3n) is 3.72. The van der Waals surface area contributed by atoms with Crippen LogP contribution in [0.4, 0.5) is 0 Å². The monoisotopic (exact) mass is 281 g/mol. The van der Waals surface area contributed by atoms with Crippen molar-refractivity contribution in [2.24, 2.45) is 0 Å². The average molecular weight is 281 g/mol. The highest BCUT2D eigenvalue weighted by Crippen LogP contribution is 2.21. The topological polar surface area (TPSA) is 63.1 Å². The van der Waals surface area contributed by atoms with Gasteiger partial charge in [0.2, 0.25) is 5.91 Å². The van der Waals surface area contributed by atoms with Gasteiger partial charge in [-0.1, -0.05) is 0 Å². The number of carbonyl (C=O) groups is 1. The molecule has 7 heteroatoms. The molecule has 2 aliphatic heterocycles. The molecular weight excluding hydrogens is 262 g/mol. The van der Waals surface area contributed by atoms with Crippen LogP contribution in [0, 0.1) is 0 Å². The maximum Gasteiger partial charge on any atom is 0.233 e. The fraction of sp³-hybridized carbons (Fsp3) is 0.750. The van der Waals surface area contributed by atoms with Crippen molar-refractivity contribution in [3.63, 3.8) is 0 Å². The van der Waals surface area contributed by atoms with Gasteiger partial charge >= 0.3 is 0 Å². The minimum absolute atomic E-state index is 0.234. The minimum Gasteiger partial charge on any atom is -0.333 e. The molecule has 6 nitrogen and oxygen atoms in total. The number of nitrogens with zero attached hydrogens (tertiary/aromatic N) is 4. The highest BCUT2D eigenvalue weighted by Gasteiger charge is 2.23. The van der Waals surface area contributed by atoms with Gasteiger partial charge < -0.3 is 14.8 Å². The van der Waals surface area contributed by atoms with Crippen molar-refractivity contribution >= 4 is 17.7 Å². The maximum atomic E-state index is 12.2. The van der Waals surface area contributed by atoms with Crippen LogP contribution in [-0.4, -0.2) is 56.2 Å². The van der Waals surface area contributed by atoms with Gasteiger partial charge in [0.05, 0.1) is 12.3 Å². The Morgan fingerprint density at radius 3 is 3.11 bits per heavy atom. The summed E-state index contributed by atoms with van der Waals surface area (Å²) in [6, 6.07) is 0. The molecule has 0 atom stereocenters. The Balaban J connectivity index is 1.48. The Labute approximate surface area is 116 Å². The van der Waals surface area contributed by atoms with E-state index in [1.54, 1.807) is 6.33 Å². The van der Waals surface area contributed by atoms with E-state index in [1.807, 2.05) is 21.2 Å². The number of hydrogen-bond acceptors (Lipinski definition) is 5. The van der Waals surface area contributed by atoms with Crippen molar-refractivity contribution in [3.8, 4) is 0 Å². The standard InChI is InChI=1S/C12H19N5OS/c18-12(8-19-10-1-3-13-4-2-10)16-5-6-17-9-14-15-11(17)7-16/h9-10,13H,1-8H2. The fourth-order valence-corrected chi connectivity index (χ4v) is 3.65. The van der Waals surface area contributed by atoms with Crippen LogP contribution in [0.25, 0.3) is 0 Å². The van der Waals surface area contributed by atoms with Gasteiger partial charge in [-0.25, -0.2) is 0 Å². The van der Waals surface area contributed by atoms with Gasteiger partial charge in [0, 0.05) is 18.3 Å². The summed E-state index contributed by atoms with van der Waals surface area (Å²) in [7, 11) is 0. The fourth-order valence-electron chi connectivity index (χ4n) is 2.52. The molecule has 0 aliphatic carbocycles. The molecule has 0 radical (unpaired) electrons. The van der Waals surface area contributed by atoms with Gasteiger partial charge in [-0.15, -0.1) is 22.0 Å². The van der Waals surface area contributed by atoms with E-state index in [2.05, 4.69) is 15.5 Å². The number of amides is 1. The number of piperidine rings is 1. The first-order valence-corrected chi connectivity index (χ1v) is 7.84. The third kappa shape index (κ3) is 3.09. The molecule has 1 N–H and O–H groups in total. The maximum absolute atomic E-state index is 12.2. The lowest BCUT2D eigenvalue weighted by Gasteiger charge is -2.28. The Morgan fingerprint density at radius 1 is 1.42 bits per heavy atom. The Morgan fingerprint density at radius 2 is 2.26 bits per heavy atom. The smallest absolute Gasteiger partial charge is 0.233 e. The molecule has 0 unspecified atom stereocenters. The van der Waals surface area contributed by atoms with Gasteiger partial charge in [-0.2, -0.15) is 0 Å². The van der Waals surface area contributed by atoms with Gasteiger partial charge in [0.1, 0.15) is 6.33 Å². The zero-order valence-corrected chi connectivity index (χ0v) is 11.7. The zero-order valence-electron chi connectivity index (χ0n) is 10.9. The molecule has 1 aromatic heterocycles. The van der Waals surface area contributed by atoms with Crippen molar-refractivity contribution in [1.29, 1.82) is 0 Å². The molecule has 0 bridgehead atoms. The molecule has 3 rings (SSSR count). The Hall–Kier alpha value is -1.08. The normalized spacial score (nSPS) is 20.3. The van der Waals surface area contributed by atoms with Gasteiger partial charge in [-0.3, -0.25) is 4.79 Å². The number of carbonyl (C=O) groups excluding carboxylic acids is 1. The predicted octanol–water partition coefficient (Wildman–Crippen LogP) is 0.106. The number of hydrogen-bond donors (Lipinski definition) is 1. The Bertz CT molecular complexity index is 443. The SMILES string of the molecule is O=C(CSC1CCNCC1)N1CCn2cnnc2C1. The molecule has 1 amide bonds. The van der Waals surface area contributed by atoms with Crippen LogP contribution in [0.3, 0.4) is 0 Å². The van der Waals surface area contributed by atoms with Crippen LogP contribution < -0.4 is 5.32 Å². The second kappa shape index (κ2) is 5.92. The summed E-state index contributed by atoms with van der Waals surface area (Å²) in [5.74, 6) is 1.72. The highest BCUT2D eigenvalue weighted by atomic mass is 32.2. The van der Waals surface area contributed by atoms with Gasteiger partial charge in [-0.05, 0) is 25.9 Å². The first-order chi connectivity index (χ1) is 9.33. The molecule has 0 spiro atoms. The van der Waals surface area contributed by atoms with Crippen LogP contribution in [0.2, 0.25) is 0 Å². The lowest BCUT2D eigenvalue weighted by Crippen LogP contribution is -2.39. The van der Waals surface area contributed by atoms with Crippen LogP contribution in [0.5, 0.6) is 0 Å². The van der Waals surface area contributed by atoms with E-state index in [9.17, 15) is 4.79 Å². The van der Waals surface area contributed by atoms with Crippen molar-refractivity contribution < 1.29 is 4.79 Å². The van der Waals surface area contributed by atoms with Crippen molar-refractivity contribution in [3.05, 3.63) is 12.2 Å². The number of nitrogens with one attached hydrogen (secondary N) is 1. The molecule has 2 aliphatic rings. The summed E-state index contributed by atoms with van der Waals surface area (Å²) >= 11 is 1.81. The number of fused-ring (bicyclic) bond motifs is 1. The average Bonchev–Trinajstić information content (AvgIpc) is 2.93. The number of rotatable bonds is 3. The van der Waals surface area contributed by atoms with E-state index in [-0.39, 0.29) is 5.91 Å². The molecule has 1 aromatic rings. The largest absolute Gasteiger partial charge is 0.333 e. The lowest BCUT2D eigenvalue weighted by molar-refractivity contribution is -0.129. The van der Waals surface area contributed by atoms with E-state index in [1.165, 1.54) is 12.8 Å². The number of aromatic nitrogens is 3. The van der Waals surface area contributed by atoms with Crippen LogP contribution >= 0.6 is 11.8 Å². The first kappa shape index (κ1) is 12.9. The van der Waals surface area contributed by atoms with E-state index in [0.717, 1.165) is 32.0 Å². The summed E-state index contributed by atoms with van der Waals surface area (Å²) in [6.45, 7) is 4.35. The quantitative estimate of drug-likeness (QED) is 0.852. The molecule has 1 fully saturated rings. The molecule has 3 heterocycles. The first-order valence-electron chi connectivity index (χ1n) is 6.80. The van der Waals surface area contributed by atoms with E-state index >= 15 is 0 Å². The Kier molecular flexibility index (Phi) is 4.03. The van der Waals surface area contributed by atoms with Crippen LogP contribution in [0.15, 0.2) is 6.33 Å². The van der Waals surface area contributed by atoms with E-state index in [0.29, 0.717) is 17.5 Å². The molecule has 0 aromatic carbocycles. The third-order valence-corrected chi connectivity index (χ3v) is 5.08. The van der Waals surface area contributed by atoms with Crippen LogP contribution in [0.1, 0.15) is 18.7 Å². The van der Waals surface area contributed by atoms with E-state index < -0.39 is 0 Å². The van der Waals surface area contributed by atoms with Crippen molar-refractivity contribution in [1.82, 2.24) is 25.0 Å². The number of thioether (sulfide) groups is 1. The van der Waals surface area contributed by atoms with E-state index in [4.69, 9.17) is 0 Å². The lowest BCUT2D eigenvalue weighted by atomic mass is 10.2. The molecule has 0 saturated carbocycles. The summed E-state index contributed by atoms with van der Waals surface area (Å²) in [6.07, 6.45) is 4.08. The molecule has 104 valence electrons. The summed E-state index contributed by atoms with van der Waals surface area (Å²) in [4.78, 5) is 14.1. The molecule has 19 heavy (non-hydrogen) atoms. The molecular formula is C12H19N5OS. The second-order valence-electron chi connectivity index (χ2n) is 5.02. The summed E-state index contributed by atoms with van der Waals surface area (Å²) in [5, 5.41) is 11.9. The van der Waals surface area contributed by atoms with Crippen molar-refractivity contribution in [2.75, 3.05) is 25.4 Å². The summed E-state index contributed by atoms with van der Waals surface area (Å²) in [5.41, 5.74) is 0. The summed E-state index contributed by atoms with van der Waals surface area (Å²) < 4.78 is 2.02. The predicted molar refractivity (Wildman–Crippen MR) is 73.8 cm³/mol. The highest BCUT2D eigenvalue weighted by molar-refractivity contribution is 8.00.